The van der Waals surface area contributed by atoms with E-state index in [1.165, 1.54) is 5.56 Å². The molecule has 1 rings (SSSR count). The average Bonchev–Trinajstić information content (AvgIpc) is 2.32. The second-order valence-electron chi connectivity index (χ2n) is 3.79. The number of ether oxygens (including phenoxy) is 3. The summed E-state index contributed by atoms with van der Waals surface area (Å²) in [5.74, 6) is 0.891. The lowest BCUT2D eigenvalue weighted by Crippen LogP contribution is -2.20. The van der Waals surface area contributed by atoms with Crippen LogP contribution in [0.15, 0.2) is 24.3 Å². The van der Waals surface area contributed by atoms with Gasteiger partial charge in [-0.3, -0.25) is 0 Å². The Hall–Kier alpha value is -1.06. The number of hydrogen-bond donors (Lipinski definition) is 0. The van der Waals surface area contributed by atoms with Gasteiger partial charge in [0.1, 0.15) is 5.75 Å². The van der Waals surface area contributed by atoms with Crippen LogP contribution >= 0.6 is 0 Å². The van der Waals surface area contributed by atoms with Gasteiger partial charge in [0.15, 0.2) is 6.29 Å². The zero-order valence-corrected chi connectivity index (χ0v) is 10.9. The largest absolute Gasteiger partial charge is 0.493 e. The lowest BCUT2D eigenvalue weighted by molar-refractivity contribution is -0.142. The smallest absolute Gasteiger partial charge is 0.160 e. The van der Waals surface area contributed by atoms with Gasteiger partial charge in [-0.2, -0.15) is 0 Å². The molecule has 96 valence electrons. The first-order valence-electron chi connectivity index (χ1n) is 6.19. The molecule has 3 heteroatoms. The van der Waals surface area contributed by atoms with Crippen molar-refractivity contribution in [2.24, 2.45) is 0 Å². The summed E-state index contributed by atoms with van der Waals surface area (Å²) in [5, 5.41) is 0. The number of hydrogen-bond acceptors (Lipinski definition) is 3. The van der Waals surface area contributed by atoms with Crippen molar-refractivity contribution in [1.82, 2.24) is 0 Å². The van der Waals surface area contributed by atoms with Gasteiger partial charge in [0.05, 0.1) is 6.61 Å². The van der Waals surface area contributed by atoms with E-state index in [1.807, 2.05) is 38.1 Å². The minimum Gasteiger partial charge on any atom is -0.493 e. The molecule has 0 aliphatic rings. The van der Waals surface area contributed by atoms with Crippen LogP contribution in [0.2, 0.25) is 0 Å². The summed E-state index contributed by atoms with van der Waals surface area (Å²) in [6.45, 7) is 7.92. The van der Waals surface area contributed by atoms with Crippen LogP contribution in [0.5, 0.6) is 5.75 Å². The molecule has 0 aliphatic heterocycles. The van der Waals surface area contributed by atoms with Gasteiger partial charge in [-0.15, -0.1) is 0 Å². The van der Waals surface area contributed by atoms with Crippen molar-refractivity contribution >= 4 is 0 Å². The molecule has 1 aromatic rings. The van der Waals surface area contributed by atoms with Crippen LogP contribution in [0.1, 0.15) is 25.8 Å². The first kappa shape index (κ1) is 14.0. The number of benzene rings is 1. The van der Waals surface area contributed by atoms with Crippen LogP contribution in [-0.4, -0.2) is 26.1 Å². The van der Waals surface area contributed by atoms with Crippen molar-refractivity contribution in [3.63, 3.8) is 0 Å². The lowest BCUT2D eigenvalue weighted by Gasteiger charge is -2.17. The molecular weight excluding hydrogens is 216 g/mol. The molecule has 1 aromatic carbocycles. The van der Waals surface area contributed by atoms with Crippen LogP contribution in [0.25, 0.3) is 0 Å². The van der Waals surface area contributed by atoms with E-state index >= 15 is 0 Å². The SMILES string of the molecule is CCOC(CCOc1ccc(C)cc1)OCC. The molecule has 0 saturated carbocycles. The molecule has 3 nitrogen and oxygen atoms in total. The molecule has 0 heterocycles. The van der Waals surface area contributed by atoms with E-state index in [0.29, 0.717) is 19.8 Å². The fourth-order valence-electron chi connectivity index (χ4n) is 1.49. The number of aryl methyl sites for hydroxylation is 1. The summed E-state index contributed by atoms with van der Waals surface area (Å²) >= 11 is 0. The normalized spacial score (nSPS) is 10.8. The summed E-state index contributed by atoms with van der Waals surface area (Å²) in [7, 11) is 0. The first-order valence-corrected chi connectivity index (χ1v) is 6.19. The van der Waals surface area contributed by atoms with E-state index in [-0.39, 0.29) is 6.29 Å². The third kappa shape index (κ3) is 5.71. The lowest BCUT2D eigenvalue weighted by atomic mass is 10.2. The summed E-state index contributed by atoms with van der Waals surface area (Å²) in [6.07, 6.45) is 0.589. The van der Waals surface area contributed by atoms with Crippen molar-refractivity contribution in [2.45, 2.75) is 33.5 Å². The molecule has 0 spiro atoms. The highest BCUT2D eigenvalue weighted by Gasteiger charge is 2.07. The molecule has 0 aliphatic carbocycles. The van der Waals surface area contributed by atoms with Crippen LogP contribution in [0.4, 0.5) is 0 Å². The quantitative estimate of drug-likeness (QED) is 0.651. The van der Waals surface area contributed by atoms with Crippen molar-refractivity contribution < 1.29 is 14.2 Å². The Kier molecular flexibility index (Phi) is 6.67. The van der Waals surface area contributed by atoms with E-state index in [0.717, 1.165) is 12.2 Å². The van der Waals surface area contributed by atoms with E-state index in [2.05, 4.69) is 6.92 Å². The Bertz CT molecular complexity index is 289. The summed E-state index contributed by atoms with van der Waals surface area (Å²) in [5.41, 5.74) is 1.24. The molecular formula is C14H22O3. The average molecular weight is 238 g/mol. The van der Waals surface area contributed by atoms with E-state index < -0.39 is 0 Å². The van der Waals surface area contributed by atoms with E-state index in [1.54, 1.807) is 0 Å². The second-order valence-corrected chi connectivity index (χ2v) is 3.79. The highest BCUT2D eigenvalue weighted by atomic mass is 16.7. The number of rotatable bonds is 8. The predicted octanol–water partition coefficient (Wildman–Crippen LogP) is 3.16. The van der Waals surface area contributed by atoms with Gasteiger partial charge in [0, 0.05) is 19.6 Å². The first-order chi connectivity index (χ1) is 8.26. The minimum absolute atomic E-state index is 0.157. The third-order valence-electron chi connectivity index (χ3n) is 2.35. The van der Waals surface area contributed by atoms with Crippen LogP contribution in [-0.2, 0) is 9.47 Å². The fraction of sp³-hybridized carbons (Fsp3) is 0.571. The highest BCUT2D eigenvalue weighted by Crippen LogP contribution is 2.12. The Morgan fingerprint density at radius 2 is 1.59 bits per heavy atom. The standard InChI is InChI=1S/C14H22O3/c1-4-15-14(16-5-2)10-11-17-13-8-6-12(3)7-9-13/h6-9,14H,4-5,10-11H2,1-3H3. The van der Waals surface area contributed by atoms with E-state index in [4.69, 9.17) is 14.2 Å². The fourth-order valence-corrected chi connectivity index (χ4v) is 1.49. The van der Waals surface area contributed by atoms with Crippen molar-refractivity contribution in [3.8, 4) is 5.75 Å². The van der Waals surface area contributed by atoms with Gasteiger partial charge in [-0.05, 0) is 32.9 Å². The summed E-state index contributed by atoms with van der Waals surface area (Å²) < 4.78 is 16.5. The molecule has 0 N–H and O–H groups in total. The maximum atomic E-state index is 5.62. The molecule has 0 unspecified atom stereocenters. The Morgan fingerprint density at radius 3 is 2.12 bits per heavy atom. The maximum absolute atomic E-state index is 5.62. The van der Waals surface area contributed by atoms with Gasteiger partial charge in [-0.1, -0.05) is 17.7 Å². The predicted molar refractivity (Wildman–Crippen MR) is 68.3 cm³/mol. The minimum atomic E-state index is -0.157. The summed E-state index contributed by atoms with van der Waals surface area (Å²) in [6, 6.07) is 8.03. The molecule has 0 aromatic heterocycles. The second kappa shape index (κ2) is 8.09. The van der Waals surface area contributed by atoms with Gasteiger partial charge >= 0.3 is 0 Å². The van der Waals surface area contributed by atoms with E-state index in [9.17, 15) is 0 Å². The van der Waals surface area contributed by atoms with Crippen molar-refractivity contribution in [3.05, 3.63) is 29.8 Å². The molecule has 17 heavy (non-hydrogen) atoms. The Balaban J connectivity index is 2.27. The van der Waals surface area contributed by atoms with Gasteiger partial charge in [0.25, 0.3) is 0 Å². The summed E-state index contributed by atoms with van der Waals surface area (Å²) in [4.78, 5) is 0. The zero-order chi connectivity index (χ0) is 12.5. The monoisotopic (exact) mass is 238 g/mol. The molecule has 0 radical (unpaired) electrons. The van der Waals surface area contributed by atoms with Crippen molar-refractivity contribution in [1.29, 1.82) is 0 Å². The van der Waals surface area contributed by atoms with Crippen LogP contribution < -0.4 is 4.74 Å². The van der Waals surface area contributed by atoms with Crippen LogP contribution in [0, 0.1) is 6.92 Å². The molecule has 0 atom stereocenters. The topological polar surface area (TPSA) is 27.7 Å². The molecule has 0 bridgehead atoms. The molecule has 0 amide bonds. The maximum Gasteiger partial charge on any atom is 0.160 e. The Morgan fingerprint density at radius 1 is 1.00 bits per heavy atom. The van der Waals surface area contributed by atoms with Crippen molar-refractivity contribution in [2.75, 3.05) is 19.8 Å². The third-order valence-corrected chi connectivity index (χ3v) is 2.35. The molecule has 0 saturated heterocycles. The van der Waals surface area contributed by atoms with Gasteiger partial charge in [-0.25, -0.2) is 0 Å². The highest BCUT2D eigenvalue weighted by molar-refractivity contribution is 5.26. The van der Waals surface area contributed by atoms with Gasteiger partial charge < -0.3 is 14.2 Å². The zero-order valence-electron chi connectivity index (χ0n) is 10.9. The Labute approximate surface area is 104 Å². The van der Waals surface area contributed by atoms with Crippen LogP contribution in [0.3, 0.4) is 0 Å². The molecule has 0 fully saturated rings. The van der Waals surface area contributed by atoms with Gasteiger partial charge in [0.2, 0.25) is 0 Å².